The standard InChI is InChI=1S/C16H13N3O2/c20-16(21)13-6-2-4-8-15(13)19-18-10-11-9-17-14-7-3-1-5-12(11)14/h1-10,17,19H,(H,20,21)/b18-10+. The number of carboxylic acids is 1. The van der Waals surface area contributed by atoms with Crippen LogP contribution in [0.3, 0.4) is 0 Å². The van der Waals surface area contributed by atoms with E-state index in [2.05, 4.69) is 15.5 Å². The Bertz CT molecular complexity index is 821. The summed E-state index contributed by atoms with van der Waals surface area (Å²) in [7, 11) is 0. The molecular formula is C16H13N3O2. The van der Waals surface area contributed by atoms with Crippen LogP contribution >= 0.6 is 0 Å². The zero-order valence-corrected chi connectivity index (χ0v) is 11.1. The van der Waals surface area contributed by atoms with Crippen LogP contribution in [-0.4, -0.2) is 22.3 Å². The van der Waals surface area contributed by atoms with E-state index in [1.165, 1.54) is 6.07 Å². The van der Waals surface area contributed by atoms with Gasteiger partial charge in [-0.2, -0.15) is 5.10 Å². The highest BCUT2D eigenvalue weighted by atomic mass is 16.4. The minimum absolute atomic E-state index is 0.188. The monoisotopic (exact) mass is 279 g/mol. The van der Waals surface area contributed by atoms with Crippen LogP contribution in [-0.2, 0) is 0 Å². The van der Waals surface area contributed by atoms with Gasteiger partial charge in [-0.3, -0.25) is 5.43 Å². The Morgan fingerprint density at radius 3 is 2.76 bits per heavy atom. The van der Waals surface area contributed by atoms with Crippen molar-refractivity contribution < 1.29 is 9.90 Å². The third kappa shape index (κ3) is 2.62. The molecule has 0 amide bonds. The molecule has 0 radical (unpaired) electrons. The number of benzene rings is 2. The number of aromatic carboxylic acids is 1. The normalized spacial score (nSPS) is 11.0. The molecule has 0 saturated carbocycles. The molecule has 5 nitrogen and oxygen atoms in total. The highest BCUT2D eigenvalue weighted by Gasteiger charge is 2.07. The fourth-order valence-electron chi connectivity index (χ4n) is 2.14. The summed E-state index contributed by atoms with van der Waals surface area (Å²) in [5.41, 5.74) is 5.39. The Balaban J connectivity index is 1.83. The minimum Gasteiger partial charge on any atom is -0.478 e. The largest absolute Gasteiger partial charge is 0.478 e. The van der Waals surface area contributed by atoms with Crippen molar-refractivity contribution in [2.45, 2.75) is 0 Å². The summed E-state index contributed by atoms with van der Waals surface area (Å²) in [6.45, 7) is 0. The predicted molar refractivity (Wildman–Crippen MR) is 82.9 cm³/mol. The maximum atomic E-state index is 11.1. The number of nitrogens with one attached hydrogen (secondary N) is 2. The van der Waals surface area contributed by atoms with Gasteiger partial charge in [0.15, 0.2) is 0 Å². The number of aromatic nitrogens is 1. The zero-order chi connectivity index (χ0) is 14.7. The summed E-state index contributed by atoms with van der Waals surface area (Å²) in [4.78, 5) is 14.2. The van der Waals surface area contributed by atoms with Gasteiger partial charge in [-0.1, -0.05) is 30.3 Å². The summed E-state index contributed by atoms with van der Waals surface area (Å²) >= 11 is 0. The van der Waals surface area contributed by atoms with Crippen molar-refractivity contribution in [3.63, 3.8) is 0 Å². The van der Waals surface area contributed by atoms with E-state index in [-0.39, 0.29) is 5.56 Å². The van der Waals surface area contributed by atoms with Crippen LogP contribution in [0, 0.1) is 0 Å². The van der Waals surface area contributed by atoms with Crippen molar-refractivity contribution in [3.05, 3.63) is 65.9 Å². The van der Waals surface area contributed by atoms with E-state index in [0.29, 0.717) is 5.69 Å². The fraction of sp³-hybridized carbons (Fsp3) is 0. The zero-order valence-electron chi connectivity index (χ0n) is 11.1. The van der Waals surface area contributed by atoms with Gasteiger partial charge < -0.3 is 10.1 Å². The van der Waals surface area contributed by atoms with E-state index in [0.717, 1.165) is 16.5 Å². The van der Waals surface area contributed by atoms with Crippen LogP contribution in [0.2, 0.25) is 0 Å². The third-order valence-corrected chi connectivity index (χ3v) is 3.17. The molecule has 0 aliphatic carbocycles. The predicted octanol–water partition coefficient (Wildman–Crippen LogP) is 3.31. The Morgan fingerprint density at radius 1 is 1.14 bits per heavy atom. The molecular weight excluding hydrogens is 266 g/mol. The Hall–Kier alpha value is -3.08. The molecule has 0 unspecified atom stereocenters. The average Bonchev–Trinajstić information content (AvgIpc) is 2.91. The number of H-pyrrole nitrogens is 1. The molecule has 3 aromatic rings. The van der Waals surface area contributed by atoms with Gasteiger partial charge in [0.1, 0.15) is 0 Å². The number of carboxylic acid groups (broad SMARTS) is 1. The number of rotatable bonds is 4. The number of para-hydroxylation sites is 2. The first kappa shape index (κ1) is 12.9. The Morgan fingerprint density at radius 2 is 1.90 bits per heavy atom. The molecule has 0 aliphatic rings. The van der Waals surface area contributed by atoms with Gasteiger partial charge in [0.25, 0.3) is 0 Å². The number of nitrogens with zero attached hydrogens (tertiary/aromatic N) is 1. The molecule has 2 aromatic carbocycles. The lowest BCUT2D eigenvalue weighted by Crippen LogP contribution is -2.02. The lowest BCUT2D eigenvalue weighted by Gasteiger charge is -2.03. The third-order valence-electron chi connectivity index (χ3n) is 3.17. The van der Waals surface area contributed by atoms with Crippen molar-refractivity contribution in [1.82, 2.24) is 4.98 Å². The van der Waals surface area contributed by atoms with E-state index >= 15 is 0 Å². The van der Waals surface area contributed by atoms with Crippen LogP contribution in [0.5, 0.6) is 0 Å². The first-order chi connectivity index (χ1) is 10.3. The number of aromatic amines is 1. The van der Waals surface area contributed by atoms with Crippen molar-refractivity contribution in [1.29, 1.82) is 0 Å². The molecule has 0 fully saturated rings. The molecule has 21 heavy (non-hydrogen) atoms. The average molecular weight is 279 g/mol. The minimum atomic E-state index is -0.986. The second-order valence-corrected chi connectivity index (χ2v) is 4.51. The maximum Gasteiger partial charge on any atom is 0.337 e. The Kier molecular flexibility index (Phi) is 3.39. The van der Waals surface area contributed by atoms with E-state index in [1.807, 2.05) is 30.5 Å². The number of carbonyl (C=O) groups is 1. The van der Waals surface area contributed by atoms with E-state index < -0.39 is 5.97 Å². The molecule has 0 atom stereocenters. The van der Waals surface area contributed by atoms with Crippen LogP contribution in [0.25, 0.3) is 10.9 Å². The van der Waals surface area contributed by atoms with Crippen LogP contribution in [0.4, 0.5) is 5.69 Å². The molecule has 5 heteroatoms. The highest BCUT2D eigenvalue weighted by Crippen LogP contribution is 2.17. The van der Waals surface area contributed by atoms with Crippen LogP contribution < -0.4 is 5.43 Å². The van der Waals surface area contributed by atoms with Crippen molar-refractivity contribution in [2.24, 2.45) is 5.10 Å². The quantitative estimate of drug-likeness (QED) is 0.506. The smallest absolute Gasteiger partial charge is 0.337 e. The van der Waals surface area contributed by atoms with Crippen LogP contribution in [0.1, 0.15) is 15.9 Å². The number of hydrazone groups is 1. The number of fused-ring (bicyclic) bond motifs is 1. The van der Waals surface area contributed by atoms with Gasteiger partial charge in [0.2, 0.25) is 0 Å². The van der Waals surface area contributed by atoms with Gasteiger partial charge in [0.05, 0.1) is 17.5 Å². The molecule has 104 valence electrons. The lowest BCUT2D eigenvalue weighted by atomic mass is 10.2. The van der Waals surface area contributed by atoms with Crippen molar-refractivity contribution >= 4 is 28.8 Å². The van der Waals surface area contributed by atoms with Crippen molar-refractivity contribution in [3.8, 4) is 0 Å². The highest BCUT2D eigenvalue weighted by molar-refractivity contribution is 5.99. The molecule has 0 aliphatic heterocycles. The molecule has 0 bridgehead atoms. The summed E-state index contributed by atoms with van der Waals surface area (Å²) in [6.07, 6.45) is 3.52. The number of hydrogen-bond donors (Lipinski definition) is 3. The molecule has 0 saturated heterocycles. The second-order valence-electron chi connectivity index (χ2n) is 4.51. The molecule has 1 aromatic heterocycles. The van der Waals surface area contributed by atoms with E-state index in [4.69, 9.17) is 5.11 Å². The number of hydrogen-bond acceptors (Lipinski definition) is 3. The summed E-state index contributed by atoms with van der Waals surface area (Å²) in [5.74, 6) is -0.986. The first-order valence-electron chi connectivity index (χ1n) is 6.43. The summed E-state index contributed by atoms with van der Waals surface area (Å²) < 4.78 is 0. The summed E-state index contributed by atoms with van der Waals surface area (Å²) in [5, 5.41) is 14.3. The van der Waals surface area contributed by atoms with Gasteiger partial charge in [-0.05, 0) is 18.2 Å². The topological polar surface area (TPSA) is 77.5 Å². The SMILES string of the molecule is O=C(O)c1ccccc1N/N=C/c1c[nH]c2ccccc12. The number of anilines is 1. The van der Waals surface area contributed by atoms with E-state index in [1.54, 1.807) is 24.4 Å². The second kappa shape index (κ2) is 5.50. The van der Waals surface area contributed by atoms with Crippen LogP contribution in [0.15, 0.2) is 59.8 Å². The van der Waals surface area contributed by atoms with Gasteiger partial charge >= 0.3 is 5.97 Å². The maximum absolute atomic E-state index is 11.1. The fourth-order valence-corrected chi connectivity index (χ4v) is 2.14. The lowest BCUT2D eigenvalue weighted by molar-refractivity contribution is 0.0698. The van der Waals surface area contributed by atoms with Gasteiger partial charge in [-0.15, -0.1) is 0 Å². The first-order valence-corrected chi connectivity index (χ1v) is 6.43. The van der Waals surface area contributed by atoms with Gasteiger partial charge in [0, 0.05) is 22.7 Å². The molecule has 3 N–H and O–H groups in total. The van der Waals surface area contributed by atoms with E-state index in [9.17, 15) is 4.79 Å². The summed E-state index contributed by atoms with van der Waals surface area (Å²) in [6, 6.07) is 14.6. The molecule has 1 heterocycles. The van der Waals surface area contributed by atoms with Gasteiger partial charge in [-0.25, -0.2) is 4.79 Å². The Labute approximate surface area is 120 Å². The van der Waals surface area contributed by atoms with Crippen molar-refractivity contribution in [2.75, 3.05) is 5.43 Å². The molecule has 3 rings (SSSR count). The molecule has 0 spiro atoms.